The van der Waals surface area contributed by atoms with Crippen molar-refractivity contribution in [1.82, 2.24) is 9.78 Å². The van der Waals surface area contributed by atoms with Gasteiger partial charge in [-0.05, 0) is 30.5 Å². The number of aromatic nitrogens is 2. The van der Waals surface area contributed by atoms with E-state index in [1.807, 2.05) is 37.0 Å². The molecular weight excluding hydrogens is 301 g/mol. The third-order valence-corrected chi connectivity index (χ3v) is 3.04. The van der Waals surface area contributed by atoms with Crippen molar-refractivity contribution < 1.29 is 9.53 Å². The molecule has 0 radical (unpaired) electrons. The third kappa shape index (κ3) is 3.62. The number of nitrogens with zero attached hydrogens (tertiary/aromatic N) is 2. The number of halogens is 2. The Morgan fingerprint density at radius 1 is 1.45 bits per heavy atom. The molecule has 1 atom stereocenters. The van der Waals surface area contributed by atoms with Gasteiger partial charge in [-0.1, -0.05) is 6.07 Å². The molecule has 5 nitrogen and oxygen atoms in total. The van der Waals surface area contributed by atoms with Gasteiger partial charge in [-0.15, -0.1) is 24.8 Å². The second-order valence-corrected chi connectivity index (χ2v) is 4.45. The summed E-state index contributed by atoms with van der Waals surface area (Å²) in [6.07, 6.45) is 2.29. The summed E-state index contributed by atoms with van der Waals surface area (Å²) in [7, 11) is 3.26. The molecule has 0 aliphatic rings. The first-order chi connectivity index (χ1) is 8.52. The molecular formula is C13H19Cl2N3O2. The summed E-state index contributed by atoms with van der Waals surface area (Å²) in [4.78, 5) is 11.3. The number of esters is 1. The maximum atomic E-state index is 11.3. The van der Waals surface area contributed by atoms with Gasteiger partial charge in [0, 0.05) is 12.4 Å². The molecule has 0 aliphatic heterocycles. The minimum atomic E-state index is -0.622. The predicted octanol–water partition coefficient (Wildman–Crippen LogP) is 1.77. The number of ether oxygens (including phenoxy) is 1. The maximum Gasteiger partial charge on any atom is 0.322 e. The predicted molar refractivity (Wildman–Crippen MR) is 83.6 cm³/mol. The van der Waals surface area contributed by atoms with E-state index in [1.54, 1.807) is 0 Å². The molecule has 0 saturated carbocycles. The fraction of sp³-hybridized carbons (Fsp3) is 0.385. The standard InChI is InChI=1S/C13H17N3O2.2ClH/c1-8-4-9(6-11(14)13(17)18-3)5-10-7-15-16(2)12(8)10;;/h4-5,7,11H,6,14H2,1-3H3;2*1H. The number of rotatable bonds is 3. The molecule has 20 heavy (non-hydrogen) atoms. The number of hydrogen-bond donors (Lipinski definition) is 1. The van der Waals surface area contributed by atoms with E-state index in [0.29, 0.717) is 6.42 Å². The summed E-state index contributed by atoms with van der Waals surface area (Å²) in [6.45, 7) is 2.02. The molecule has 2 aromatic rings. The van der Waals surface area contributed by atoms with Crippen molar-refractivity contribution in [2.75, 3.05) is 7.11 Å². The summed E-state index contributed by atoms with van der Waals surface area (Å²) in [5.74, 6) is -0.390. The Labute approximate surface area is 130 Å². The lowest BCUT2D eigenvalue weighted by Crippen LogP contribution is -2.33. The van der Waals surface area contributed by atoms with Crippen molar-refractivity contribution in [3.63, 3.8) is 0 Å². The van der Waals surface area contributed by atoms with Crippen molar-refractivity contribution in [1.29, 1.82) is 0 Å². The van der Waals surface area contributed by atoms with Crippen LogP contribution in [0, 0.1) is 6.92 Å². The molecule has 1 aromatic heterocycles. The minimum absolute atomic E-state index is 0. The first-order valence-corrected chi connectivity index (χ1v) is 5.77. The summed E-state index contributed by atoms with van der Waals surface area (Å²) in [5.41, 5.74) is 9.01. The molecule has 0 spiro atoms. The van der Waals surface area contributed by atoms with Crippen molar-refractivity contribution in [3.8, 4) is 0 Å². The molecule has 0 aliphatic carbocycles. The molecule has 2 N–H and O–H groups in total. The average molecular weight is 320 g/mol. The van der Waals surface area contributed by atoms with Gasteiger partial charge in [0.1, 0.15) is 6.04 Å². The summed E-state index contributed by atoms with van der Waals surface area (Å²) in [5, 5.41) is 5.28. The molecule has 1 aromatic carbocycles. The van der Waals surface area contributed by atoms with Crippen molar-refractivity contribution in [2.24, 2.45) is 12.8 Å². The number of carbonyl (C=O) groups excluding carboxylic acids is 1. The number of fused-ring (bicyclic) bond motifs is 1. The summed E-state index contributed by atoms with van der Waals surface area (Å²) < 4.78 is 6.47. The highest BCUT2D eigenvalue weighted by atomic mass is 35.5. The second kappa shape index (κ2) is 7.47. The van der Waals surface area contributed by atoms with Gasteiger partial charge in [-0.3, -0.25) is 9.48 Å². The molecule has 0 saturated heterocycles. The van der Waals surface area contributed by atoms with Crippen LogP contribution in [0.2, 0.25) is 0 Å². The topological polar surface area (TPSA) is 70.1 Å². The molecule has 1 heterocycles. The Bertz CT molecular complexity index is 599. The van der Waals surface area contributed by atoms with Crippen molar-refractivity contribution in [3.05, 3.63) is 29.5 Å². The highest BCUT2D eigenvalue weighted by Gasteiger charge is 2.15. The molecule has 0 amide bonds. The smallest absolute Gasteiger partial charge is 0.322 e. The minimum Gasteiger partial charge on any atom is -0.468 e. The fourth-order valence-corrected chi connectivity index (χ4v) is 2.24. The van der Waals surface area contributed by atoms with Crippen LogP contribution in [-0.4, -0.2) is 28.9 Å². The Balaban J connectivity index is 0.00000180. The maximum absolute atomic E-state index is 11.3. The van der Waals surface area contributed by atoms with Gasteiger partial charge in [0.25, 0.3) is 0 Å². The normalized spacial score (nSPS) is 11.4. The summed E-state index contributed by atoms with van der Waals surface area (Å²) >= 11 is 0. The number of nitrogens with two attached hydrogens (primary N) is 1. The number of hydrogen-bond acceptors (Lipinski definition) is 4. The number of benzene rings is 1. The third-order valence-electron chi connectivity index (χ3n) is 3.04. The molecule has 112 valence electrons. The SMILES string of the molecule is COC(=O)C(N)Cc1cc(C)c2c(cnn2C)c1.Cl.Cl. The Morgan fingerprint density at radius 2 is 2.10 bits per heavy atom. The number of methoxy groups -OCH3 is 1. The van der Waals surface area contributed by atoms with Crippen LogP contribution in [0.25, 0.3) is 10.9 Å². The lowest BCUT2D eigenvalue weighted by molar-refractivity contribution is -0.142. The lowest BCUT2D eigenvalue weighted by atomic mass is 10.0. The molecule has 1 unspecified atom stereocenters. The van der Waals surface area contributed by atoms with E-state index >= 15 is 0 Å². The first-order valence-electron chi connectivity index (χ1n) is 5.77. The van der Waals surface area contributed by atoms with E-state index in [1.165, 1.54) is 7.11 Å². The Hall–Kier alpha value is -1.30. The molecule has 0 bridgehead atoms. The quantitative estimate of drug-likeness (QED) is 0.875. The van der Waals surface area contributed by atoms with Crippen LogP contribution in [0.3, 0.4) is 0 Å². The van der Waals surface area contributed by atoms with Gasteiger partial charge in [-0.2, -0.15) is 5.10 Å². The monoisotopic (exact) mass is 319 g/mol. The van der Waals surface area contributed by atoms with E-state index in [9.17, 15) is 4.79 Å². The van der Waals surface area contributed by atoms with Gasteiger partial charge in [0.2, 0.25) is 0 Å². The van der Waals surface area contributed by atoms with Crippen LogP contribution >= 0.6 is 24.8 Å². The number of aryl methyl sites for hydroxylation is 2. The van der Waals surface area contributed by atoms with E-state index in [2.05, 4.69) is 9.84 Å². The van der Waals surface area contributed by atoms with Crippen LogP contribution in [0.1, 0.15) is 11.1 Å². The van der Waals surface area contributed by atoms with Gasteiger partial charge in [0.05, 0.1) is 18.8 Å². The van der Waals surface area contributed by atoms with Crippen molar-refractivity contribution in [2.45, 2.75) is 19.4 Å². The zero-order valence-electron chi connectivity index (χ0n) is 11.6. The van der Waals surface area contributed by atoms with Crippen molar-refractivity contribution >= 4 is 41.7 Å². The van der Waals surface area contributed by atoms with E-state index < -0.39 is 6.04 Å². The number of carbonyl (C=O) groups is 1. The van der Waals surface area contributed by atoms with Gasteiger partial charge in [-0.25, -0.2) is 0 Å². The Morgan fingerprint density at radius 3 is 2.70 bits per heavy atom. The average Bonchev–Trinajstić information content (AvgIpc) is 2.70. The molecule has 7 heteroatoms. The molecule has 0 fully saturated rings. The van der Waals surface area contributed by atoms with Gasteiger partial charge < -0.3 is 10.5 Å². The van der Waals surface area contributed by atoms with E-state index in [4.69, 9.17) is 5.73 Å². The van der Waals surface area contributed by atoms with E-state index in [0.717, 1.165) is 22.0 Å². The highest BCUT2D eigenvalue weighted by Crippen LogP contribution is 2.20. The van der Waals surface area contributed by atoms with Crippen LogP contribution in [0.15, 0.2) is 18.3 Å². The van der Waals surface area contributed by atoms with Crippen LogP contribution in [0.5, 0.6) is 0 Å². The van der Waals surface area contributed by atoms with Gasteiger partial charge in [0.15, 0.2) is 0 Å². The highest BCUT2D eigenvalue weighted by molar-refractivity contribution is 5.85. The fourth-order valence-electron chi connectivity index (χ4n) is 2.24. The lowest BCUT2D eigenvalue weighted by Gasteiger charge is -2.10. The second-order valence-electron chi connectivity index (χ2n) is 4.45. The summed E-state index contributed by atoms with van der Waals surface area (Å²) in [6, 6.07) is 3.42. The van der Waals surface area contributed by atoms with E-state index in [-0.39, 0.29) is 30.8 Å². The zero-order chi connectivity index (χ0) is 13.3. The van der Waals surface area contributed by atoms with Crippen LogP contribution in [-0.2, 0) is 23.0 Å². The zero-order valence-corrected chi connectivity index (χ0v) is 13.3. The van der Waals surface area contributed by atoms with Crippen LogP contribution in [0.4, 0.5) is 0 Å². The van der Waals surface area contributed by atoms with Gasteiger partial charge >= 0.3 is 5.97 Å². The Kier molecular flexibility index (Phi) is 6.99. The largest absolute Gasteiger partial charge is 0.468 e. The molecule has 2 rings (SSSR count). The van der Waals surface area contributed by atoms with Crippen LogP contribution < -0.4 is 5.73 Å². The first kappa shape index (κ1) is 18.7.